The zero-order chi connectivity index (χ0) is 20.7. The van der Waals surface area contributed by atoms with Gasteiger partial charge < -0.3 is 9.47 Å². The number of carbonyl (C=O) groups is 1. The maximum atomic E-state index is 12.8. The number of benzene rings is 2. The molecule has 2 aromatic carbocycles. The number of sulfonamides is 1. The summed E-state index contributed by atoms with van der Waals surface area (Å²) in [7, 11) is 0.0656. The van der Waals surface area contributed by atoms with Crippen molar-refractivity contribution in [1.82, 2.24) is 9.73 Å². The molecule has 0 spiro atoms. The van der Waals surface area contributed by atoms with E-state index in [0.717, 1.165) is 4.31 Å². The Morgan fingerprint density at radius 3 is 2.57 bits per heavy atom. The summed E-state index contributed by atoms with van der Waals surface area (Å²) in [5, 5.41) is 4.27. The Morgan fingerprint density at radius 1 is 1.21 bits per heavy atom. The van der Waals surface area contributed by atoms with Crippen molar-refractivity contribution < 1.29 is 22.7 Å². The number of hydrazone groups is 1. The van der Waals surface area contributed by atoms with E-state index in [-0.39, 0.29) is 10.6 Å². The van der Waals surface area contributed by atoms with Crippen molar-refractivity contribution in [2.75, 3.05) is 27.8 Å². The summed E-state index contributed by atoms with van der Waals surface area (Å²) in [4.78, 5) is 12.0. The van der Waals surface area contributed by atoms with Crippen molar-refractivity contribution in [3.8, 4) is 11.5 Å². The smallest absolute Gasteiger partial charge is 0.255 e. The average molecular weight is 426 g/mol. The Kier molecular flexibility index (Phi) is 7.38. The van der Waals surface area contributed by atoms with E-state index in [0.29, 0.717) is 16.3 Å². The highest BCUT2D eigenvalue weighted by Crippen LogP contribution is 2.30. The van der Waals surface area contributed by atoms with Gasteiger partial charge in [0.1, 0.15) is 16.4 Å². The summed E-state index contributed by atoms with van der Waals surface area (Å²) >= 11 is 5.99. The summed E-state index contributed by atoms with van der Waals surface area (Å²) in [5.41, 5.74) is 2.89. The molecule has 2 rings (SSSR count). The monoisotopic (exact) mass is 425 g/mol. The first-order valence-corrected chi connectivity index (χ1v) is 9.86. The first kappa shape index (κ1) is 21.7. The number of rotatable bonds is 8. The molecular weight excluding hydrogens is 406 g/mol. The van der Waals surface area contributed by atoms with E-state index >= 15 is 0 Å². The van der Waals surface area contributed by atoms with Gasteiger partial charge in [-0.1, -0.05) is 29.8 Å². The minimum atomic E-state index is -4.00. The largest absolute Gasteiger partial charge is 0.497 e. The van der Waals surface area contributed by atoms with Gasteiger partial charge in [-0.05, 0) is 18.2 Å². The van der Waals surface area contributed by atoms with Crippen LogP contribution in [-0.2, 0) is 14.8 Å². The van der Waals surface area contributed by atoms with E-state index in [1.807, 2.05) is 0 Å². The molecule has 10 heteroatoms. The highest BCUT2D eigenvalue weighted by Gasteiger charge is 2.27. The van der Waals surface area contributed by atoms with Crippen LogP contribution in [0.15, 0.2) is 52.5 Å². The van der Waals surface area contributed by atoms with Gasteiger partial charge in [0.05, 0.1) is 27.0 Å². The Balaban J connectivity index is 2.10. The van der Waals surface area contributed by atoms with Crippen molar-refractivity contribution in [2.24, 2.45) is 5.10 Å². The lowest BCUT2D eigenvalue weighted by Crippen LogP contribution is -2.36. The normalized spacial score (nSPS) is 11.6. The van der Waals surface area contributed by atoms with E-state index in [2.05, 4.69) is 10.5 Å². The quantitative estimate of drug-likeness (QED) is 0.516. The van der Waals surface area contributed by atoms with Crippen molar-refractivity contribution in [3.05, 3.63) is 53.1 Å². The molecule has 1 N–H and O–H groups in total. The molecule has 0 unspecified atom stereocenters. The maximum Gasteiger partial charge on any atom is 0.255 e. The van der Waals surface area contributed by atoms with Gasteiger partial charge in [-0.3, -0.25) is 4.79 Å². The molecule has 0 saturated carbocycles. The van der Waals surface area contributed by atoms with Crippen LogP contribution in [0.25, 0.3) is 0 Å². The highest BCUT2D eigenvalue weighted by atomic mass is 35.5. The fraction of sp³-hybridized carbons (Fsp3) is 0.222. The summed E-state index contributed by atoms with van der Waals surface area (Å²) in [6, 6.07) is 11.3. The molecule has 1 amide bonds. The number of hydrogen-bond donors (Lipinski definition) is 1. The number of halogens is 1. The van der Waals surface area contributed by atoms with Crippen LogP contribution < -0.4 is 14.9 Å². The number of ether oxygens (including phenoxy) is 2. The van der Waals surface area contributed by atoms with Crippen LogP contribution in [0, 0.1) is 0 Å². The van der Waals surface area contributed by atoms with Gasteiger partial charge in [0.25, 0.3) is 5.91 Å². The molecule has 2 aromatic rings. The number of nitrogens with one attached hydrogen (secondary N) is 1. The van der Waals surface area contributed by atoms with Crippen molar-refractivity contribution in [3.63, 3.8) is 0 Å². The molecule has 0 bridgehead atoms. The van der Waals surface area contributed by atoms with Gasteiger partial charge in [-0.2, -0.15) is 9.41 Å². The third-order valence-electron chi connectivity index (χ3n) is 3.72. The second-order valence-electron chi connectivity index (χ2n) is 5.59. The molecule has 150 valence electrons. The fourth-order valence-electron chi connectivity index (χ4n) is 2.23. The Morgan fingerprint density at radius 2 is 1.93 bits per heavy atom. The second-order valence-corrected chi connectivity index (χ2v) is 8.01. The maximum absolute atomic E-state index is 12.8. The van der Waals surface area contributed by atoms with Crippen LogP contribution in [-0.4, -0.2) is 52.7 Å². The molecule has 0 aliphatic heterocycles. The van der Waals surface area contributed by atoms with Crippen LogP contribution >= 0.6 is 11.6 Å². The lowest BCUT2D eigenvalue weighted by Gasteiger charge is -2.18. The van der Waals surface area contributed by atoms with Crippen molar-refractivity contribution in [2.45, 2.75) is 4.90 Å². The lowest BCUT2D eigenvalue weighted by atomic mass is 10.2. The number of hydrogen-bond acceptors (Lipinski definition) is 6. The zero-order valence-corrected chi connectivity index (χ0v) is 17.1. The minimum absolute atomic E-state index is 0.107. The molecule has 0 atom stereocenters. The Bertz CT molecular complexity index is 979. The average Bonchev–Trinajstić information content (AvgIpc) is 2.68. The van der Waals surface area contributed by atoms with Gasteiger partial charge in [0, 0.05) is 23.7 Å². The van der Waals surface area contributed by atoms with Gasteiger partial charge >= 0.3 is 0 Å². The molecule has 0 radical (unpaired) electrons. The fourth-order valence-corrected chi connectivity index (χ4v) is 3.71. The summed E-state index contributed by atoms with van der Waals surface area (Å²) < 4.78 is 36.7. The molecule has 28 heavy (non-hydrogen) atoms. The third-order valence-corrected chi connectivity index (χ3v) is 5.89. The second kappa shape index (κ2) is 9.54. The first-order chi connectivity index (χ1) is 13.3. The standard InChI is InChI=1S/C18H20ClN3O5S/c1-22(12-18(23)21-20-11-13-6-4-5-7-15(13)19)28(24,25)17-10-14(26-2)8-9-16(17)27-3/h4-11H,12H2,1-3H3,(H,21,23)/b20-11-. The van der Waals surface area contributed by atoms with Crippen molar-refractivity contribution >= 4 is 33.7 Å². The number of carbonyl (C=O) groups excluding carboxylic acids is 1. The Hall–Kier alpha value is -2.62. The van der Waals surface area contributed by atoms with Gasteiger partial charge in [-0.15, -0.1) is 0 Å². The molecule has 0 saturated heterocycles. The molecule has 8 nitrogen and oxygen atoms in total. The SMILES string of the molecule is COc1ccc(OC)c(S(=O)(=O)N(C)CC(=O)N/N=C\c2ccccc2Cl)c1. The summed E-state index contributed by atoms with van der Waals surface area (Å²) in [5.74, 6) is -0.123. The highest BCUT2D eigenvalue weighted by molar-refractivity contribution is 7.89. The zero-order valence-electron chi connectivity index (χ0n) is 15.5. The van der Waals surface area contributed by atoms with Crippen LogP contribution in [0.2, 0.25) is 5.02 Å². The molecular formula is C18H20ClN3O5S. The third kappa shape index (κ3) is 5.22. The van der Waals surface area contributed by atoms with E-state index in [1.54, 1.807) is 30.3 Å². The van der Waals surface area contributed by atoms with Crippen LogP contribution in [0.5, 0.6) is 11.5 Å². The molecule has 0 aliphatic rings. The van der Waals surface area contributed by atoms with Crippen LogP contribution in [0.1, 0.15) is 5.56 Å². The first-order valence-electron chi connectivity index (χ1n) is 8.04. The van der Waals surface area contributed by atoms with Crippen LogP contribution in [0.3, 0.4) is 0 Å². The van der Waals surface area contributed by atoms with Gasteiger partial charge in [0.15, 0.2) is 0 Å². The van der Waals surface area contributed by atoms with Gasteiger partial charge in [-0.25, -0.2) is 13.8 Å². The number of nitrogens with zero attached hydrogens (tertiary/aromatic N) is 2. The number of amides is 1. The topological polar surface area (TPSA) is 97.3 Å². The lowest BCUT2D eigenvalue weighted by molar-refractivity contribution is -0.121. The molecule has 0 aliphatic carbocycles. The van der Waals surface area contributed by atoms with E-state index in [1.165, 1.54) is 39.6 Å². The van der Waals surface area contributed by atoms with Gasteiger partial charge in [0.2, 0.25) is 10.0 Å². The number of likely N-dealkylation sites (N-methyl/N-ethyl adjacent to an activating group) is 1. The van der Waals surface area contributed by atoms with E-state index in [4.69, 9.17) is 21.1 Å². The molecule has 0 heterocycles. The van der Waals surface area contributed by atoms with Crippen molar-refractivity contribution in [1.29, 1.82) is 0 Å². The van der Waals surface area contributed by atoms with E-state index in [9.17, 15) is 13.2 Å². The minimum Gasteiger partial charge on any atom is -0.497 e. The predicted molar refractivity (Wildman–Crippen MR) is 107 cm³/mol. The molecule has 0 aromatic heterocycles. The van der Waals surface area contributed by atoms with Crippen LogP contribution in [0.4, 0.5) is 0 Å². The van der Waals surface area contributed by atoms with E-state index < -0.39 is 22.5 Å². The number of methoxy groups -OCH3 is 2. The summed E-state index contributed by atoms with van der Waals surface area (Å²) in [6.07, 6.45) is 1.37. The summed E-state index contributed by atoms with van der Waals surface area (Å²) in [6.45, 7) is -0.442. The Labute approximate surface area is 168 Å². The predicted octanol–water partition coefficient (Wildman–Crippen LogP) is 2.13. The molecule has 0 fully saturated rings.